The molecular weight excluding hydrogens is 376 g/mol. The second kappa shape index (κ2) is 6.15. The van der Waals surface area contributed by atoms with Crippen LogP contribution in [0.4, 0.5) is 5.69 Å². The summed E-state index contributed by atoms with van der Waals surface area (Å²) in [5.41, 5.74) is 6.54. The lowest BCUT2D eigenvalue weighted by atomic mass is 10.1. The van der Waals surface area contributed by atoms with Crippen molar-refractivity contribution in [1.29, 1.82) is 0 Å². The highest BCUT2D eigenvalue weighted by molar-refractivity contribution is 5.66. The summed E-state index contributed by atoms with van der Waals surface area (Å²) in [6, 6.07) is 7.71. The summed E-state index contributed by atoms with van der Waals surface area (Å²) in [6.45, 7) is 6.96. The molecule has 7 heteroatoms. The van der Waals surface area contributed by atoms with Gasteiger partial charge in [0.25, 0.3) is 5.56 Å². The predicted octanol–water partition coefficient (Wildman–Crippen LogP) is 2.57. The molecule has 2 aliphatic rings. The van der Waals surface area contributed by atoms with Crippen molar-refractivity contribution in [1.82, 2.24) is 24.1 Å². The summed E-state index contributed by atoms with van der Waals surface area (Å²) in [5.74, 6) is 0. The van der Waals surface area contributed by atoms with Crippen LogP contribution in [0.25, 0.3) is 22.6 Å². The number of piperazine rings is 1. The number of hydrogen-bond acceptors (Lipinski definition) is 5. The number of nitrogens with zero attached hydrogens (tertiary/aromatic N) is 5. The molecule has 0 radical (unpaired) electrons. The van der Waals surface area contributed by atoms with Crippen molar-refractivity contribution in [2.24, 2.45) is 0 Å². The quantitative estimate of drug-likeness (QED) is 0.560. The molecule has 1 aliphatic carbocycles. The first-order valence-electron chi connectivity index (χ1n) is 10.5. The summed E-state index contributed by atoms with van der Waals surface area (Å²) in [7, 11) is 0. The standard InChI is InChI=1S/C23H24N6O/c1-15-9-17(12-28-11-16(2)25-22(15)28)19-10-21(30)29-13-18(3-4-20(29)26-19)27-8-7-24-23(14-27)5-6-23/h3-4,9-13,24H,5-8,14H2,1-2H3. The van der Waals surface area contributed by atoms with Crippen LogP contribution in [-0.4, -0.2) is 43.9 Å². The average molecular weight is 400 g/mol. The third kappa shape index (κ3) is 2.81. The summed E-state index contributed by atoms with van der Waals surface area (Å²) in [5, 5.41) is 3.63. The van der Waals surface area contributed by atoms with Gasteiger partial charge in [-0.05, 0) is 50.5 Å². The second-order valence-electron chi connectivity index (χ2n) is 8.75. The fourth-order valence-electron chi connectivity index (χ4n) is 4.62. The zero-order valence-corrected chi connectivity index (χ0v) is 17.2. The number of anilines is 1. The first-order chi connectivity index (χ1) is 14.5. The highest BCUT2D eigenvalue weighted by Crippen LogP contribution is 2.38. The molecular formula is C23H24N6O. The lowest BCUT2D eigenvalue weighted by Crippen LogP contribution is -2.52. The second-order valence-corrected chi connectivity index (χ2v) is 8.75. The molecule has 1 N–H and O–H groups in total. The van der Waals surface area contributed by atoms with E-state index in [0.717, 1.165) is 47.8 Å². The Balaban J connectivity index is 1.41. The molecule has 1 saturated carbocycles. The SMILES string of the molecule is Cc1cn2cc(-c3cc(=O)n4cc(N5CCNC6(CC6)C5)ccc4n3)cc(C)c2n1. The Morgan fingerprint density at radius 3 is 2.77 bits per heavy atom. The molecule has 5 heterocycles. The third-order valence-electron chi connectivity index (χ3n) is 6.39. The van der Waals surface area contributed by atoms with E-state index in [-0.39, 0.29) is 5.56 Å². The highest BCUT2D eigenvalue weighted by atomic mass is 16.1. The Hall–Kier alpha value is -3.19. The maximum absolute atomic E-state index is 13.0. The van der Waals surface area contributed by atoms with Crippen molar-refractivity contribution >= 4 is 17.0 Å². The first-order valence-corrected chi connectivity index (χ1v) is 10.5. The van der Waals surface area contributed by atoms with Gasteiger partial charge in [-0.25, -0.2) is 9.97 Å². The molecule has 0 aromatic carbocycles. The predicted molar refractivity (Wildman–Crippen MR) is 117 cm³/mol. The van der Waals surface area contributed by atoms with Crippen LogP contribution in [0, 0.1) is 13.8 Å². The van der Waals surface area contributed by atoms with Gasteiger partial charge in [-0.15, -0.1) is 0 Å². The maximum Gasteiger partial charge on any atom is 0.258 e. The van der Waals surface area contributed by atoms with Crippen LogP contribution in [0.1, 0.15) is 24.1 Å². The van der Waals surface area contributed by atoms with Crippen molar-refractivity contribution in [3.05, 3.63) is 64.5 Å². The van der Waals surface area contributed by atoms with Crippen LogP contribution >= 0.6 is 0 Å². The number of nitrogens with one attached hydrogen (secondary N) is 1. The molecule has 2 fully saturated rings. The van der Waals surface area contributed by atoms with E-state index in [0.29, 0.717) is 16.9 Å². The van der Waals surface area contributed by atoms with Gasteiger partial charge in [-0.3, -0.25) is 9.20 Å². The van der Waals surface area contributed by atoms with E-state index in [4.69, 9.17) is 4.98 Å². The van der Waals surface area contributed by atoms with Crippen LogP contribution < -0.4 is 15.8 Å². The monoisotopic (exact) mass is 400 g/mol. The van der Waals surface area contributed by atoms with E-state index < -0.39 is 0 Å². The van der Waals surface area contributed by atoms with Gasteiger partial charge in [-0.2, -0.15) is 0 Å². The number of hydrogen-bond donors (Lipinski definition) is 1. The molecule has 30 heavy (non-hydrogen) atoms. The van der Waals surface area contributed by atoms with Gasteiger partial charge in [-0.1, -0.05) is 0 Å². The van der Waals surface area contributed by atoms with E-state index in [1.807, 2.05) is 49.0 Å². The fourth-order valence-corrected chi connectivity index (χ4v) is 4.62. The Morgan fingerprint density at radius 1 is 1.07 bits per heavy atom. The molecule has 6 rings (SSSR count). The van der Waals surface area contributed by atoms with E-state index in [9.17, 15) is 4.79 Å². The number of imidazole rings is 1. The minimum atomic E-state index is -0.0623. The van der Waals surface area contributed by atoms with Crippen LogP contribution in [0.15, 0.2) is 47.7 Å². The minimum Gasteiger partial charge on any atom is -0.367 e. The first kappa shape index (κ1) is 17.7. The molecule has 0 bridgehead atoms. The number of rotatable bonds is 2. The van der Waals surface area contributed by atoms with Gasteiger partial charge >= 0.3 is 0 Å². The zero-order chi connectivity index (χ0) is 20.5. The van der Waals surface area contributed by atoms with Crippen LogP contribution in [0.2, 0.25) is 0 Å². The maximum atomic E-state index is 13.0. The van der Waals surface area contributed by atoms with E-state index >= 15 is 0 Å². The molecule has 4 aromatic heterocycles. The molecule has 4 aromatic rings. The Bertz CT molecular complexity index is 1360. The number of aromatic nitrogens is 4. The summed E-state index contributed by atoms with van der Waals surface area (Å²) in [4.78, 5) is 24.7. The fraction of sp³-hybridized carbons (Fsp3) is 0.348. The Labute approximate surface area is 174 Å². The van der Waals surface area contributed by atoms with Gasteiger partial charge in [0.2, 0.25) is 0 Å². The van der Waals surface area contributed by atoms with Crippen molar-refractivity contribution in [2.75, 3.05) is 24.5 Å². The molecule has 7 nitrogen and oxygen atoms in total. The number of pyridine rings is 2. The van der Waals surface area contributed by atoms with E-state index in [1.54, 1.807) is 10.5 Å². The van der Waals surface area contributed by atoms with Crippen molar-refractivity contribution < 1.29 is 0 Å². The topological polar surface area (TPSA) is 66.9 Å². The van der Waals surface area contributed by atoms with Gasteiger partial charge in [0.05, 0.1) is 17.1 Å². The largest absolute Gasteiger partial charge is 0.367 e. The van der Waals surface area contributed by atoms with Gasteiger partial charge in [0, 0.05) is 55.4 Å². The zero-order valence-electron chi connectivity index (χ0n) is 17.2. The van der Waals surface area contributed by atoms with Gasteiger partial charge in [0.1, 0.15) is 11.3 Å². The van der Waals surface area contributed by atoms with Crippen LogP contribution in [0.5, 0.6) is 0 Å². The van der Waals surface area contributed by atoms with Crippen molar-refractivity contribution in [3.8, 4) is 11.3 Å². The smallest absolute Gasteiger partial charge is 0.258 e. The average Bonchev–Trinajstić information content (AvgIpc) is 3.35. The van der Waals surface area contributed by atoms with E-state index in [2.05, 4.69) is 21.3 Å². The molecule has 0 unspecified atom stereocenters. The summed E-state index contributed by atoms with van der Waals surface area (Å²) in [6.07, 6.45) is 8.39. The van der Waals surface area contributed by atoms with Crippen molar-refractivity contribution in [3.63, 3.8) is 0 Å². The number of fused-ring (bicyclic) bond motifs is 2. The van der Waals surface area contributed by atoms with Gasteiger partial charge < -0.3 is 14.6 Å². The number of aryl methyl sites for hydroxylation is 2. The molecule has 1 saturated heterocycles. The highest BCUT2D eigenvalue weighted by Gasteiger charge is 2.45. The summed E-state index contributed by atoms with van der Waals surface area (Å²) >= 11 is 0. The molecule has 0 atom stereocenters. The molecule has 152 valence electrons. The van der Waals surface area contributed by atoms with Gasteiger partial charge in [0.15, 0.2) is 0 Å². The van der Waals surface area contributed by atoms with Crippen LogP contribution in [0.3, 0.4) is 0 Å². The molecule has 0 amide bonds. The molecule has 1 aliphatic heterocycles. The Morgan fingerprint density at radius 2 is 1.93 bits per heavy atom. The third-order valence-corrected chi connectivity index (χ3v) is 6.39. The lowest BCUT2D eigenvalue weighted by molar-refractivity contribution is 0.442. The normalized spacial score (nSPS) is 17.9. The lowest BCUT2D eigenvalue weighted by Gasteiger charge is -2.35. The van der Waals surface area contributed by atoms with Crippen LogP contribution in [-0.2, 0) is 0 Å². The van der Waals surface area contributed by atoms with Crippen molar-refractivity contribution in [2.45, 2.75) is 32.2 Å². The summed E-state index contributed by atoms with van der Waals surface area (Å²) < 4.78 is 3.66. The van der Waals surface area contributed by atoms with E-state index in [1.165, 1.54) is 12.8 Å². The molecule has 1 spiro atoms. The Kier molecular flexibility index (Phi) is 3.62. The minimum absolute atomic E-state index is 0.0623.